The number of sulfonamides is 1. The minimum absolute atomic E-state index is 0.111. The summed E-state index contributed by atoms with van der Waals surface area (Å²) < 4.78 is 38.1. The van der Waals surface area contributed by atoms with Gasteiger partial charge < -0.3 is 9.84 Å². The molecule has 2 heterocycles. The number of hydrogen-bond acceptors (Lipinski definition) is 6. The molecule has 1 aliphatic heterocycles. The van der Waals surface area contributed by atoms with E-state index in [1.165, 1.54) is 48.4 Å². The zero-order chi connectivity index (χ0) is 34.4. The summed E-state index contributed by atoms with van der Waals surface area (Å²) in [6.45, 7) is 6.21. The summed E-state index contributed by atoms with van der Waals surface area (Å²) in [6.07, 6.45) is 9.92. The van der Waals surface area contributed by atoms with Crippen LogP contribution in [0.25, 0.3) is 11.0 Å². The van der Waals surface area contributed by atoms with E-state index in [9.17, 15) is 18.3 Å². The molecule has 2 atom stereocenters. The Morgan fingerprint density at radius 2 is 1.71 bits per heavy atom. The predicted octanol–water partition coefficient (Wildman–Crippen LogP) is 7.63. The first-order chi connectivity index (χ1) is 23.5. The van der Waals surface area contributed by atoms with Crippen molar-refractivity contribution in [3.63, 3.8) is 0 Å². The monoisotopic (exact) mass is 684 g/mol. The third-order valence-electron chi connectivity index (χ3n) is 11.6. The summed E-state index contributed by atoms with van der Waals surface area (Å²) in [4.78, 5) is 12.4. The molecule has 49 heavy (non-hydrogen) atoms. The lowest BCUT2D eigenvalue weighted by Crippen LogP contribution is -2.35. The van der Waals surface area contributed by atoms with Crippen molar-refractivity contribution in [3.05, 3.63) is 81.9 Å². The number of carboxylic acids is 1. The molecule has 10 heteroatoms. The van der Waals surface area contributed by atoms with Crippen LogP contribution in [0.3, 0.4) is 0 Å². The van der Waals surface area contributed by atoms with E-state index >= 15 is 0 Å². The maximum atomic E-state index is 14.3. The lowest BCUT2D eigenvalue weighted by Gasteiger charge is -2.32. The van der Waals surface area contributed by atoms with Crippen LogP contribution in [0, 0.1) is 25.7 Å². The molecule has 0 bridgehead atoms. The molecule has 0 saturated heterocycles. The summed E-state index contributed by atoms with van der Waals surface area (Å²) >= 11 is 0. The van der Waals surface area contributed by atoms with Gasteiger partial charge in [-0.1, -0.05) is 61.2 Å². The van der Waals surface area contributed by atoms with E-state index in [4.69, 9.17) is 4.74 Å². The largest absolute Gasteiger partial charge is 0.488 e. The molecule has 260 valence electrons. The fourth-order valence-electron chi connectivity index (χ4n) is 8.84. The van der Waals surface area contributed by atoms with Crippen molar-refractivity contribution in [2.24, 2.45) is 18.9 Å². The lowest BCUT2D eigenvalue weighted by atomic mass is 9.73. The molecule has 1 aromatic heterocycles. The molecule has 0 unspecified atom stereocenters. The number of aliphatic carboxylic acids is 1. The number of carboxylic acid groups (broad SMARTS) is 1. The molecule has 9 nitrogen and oxygen atoms in total. The molecule has 4 aromatic rings. The Morgan fingerprint density at radius 3 is 2.45 bits per heavy atom. The predicted molar refractivity (Wildman–Crippen MR) is 189 cm³/mol. The molecule has 3 aromatic carbocycles. The molecule has 2 fully saturated rings. The van der Waals surface area contributed by atoms with Crippen LogP contribution in [-0.4, -0.2) is 51.4 Å². The maximum absolute atomic E-state index is 14.3. The molecule has 0 amide bonds. The van der Waals surface area contributed by atoms with Crippen LogP contribution in [0.15, 0.2) is 53.4 Å². The highest BCUT2D eigenvalue weighted by molar-refractivity contribution is 7.89. The first-order valence-corrected chi connectivity index (χ1v) is 19.3. The fraction of sp³-hybridized carbons (Fsp3) is 0.513. The van der Waals surface area contributed by atoms with Gasteiger partial charge in [0.1, 0.15) is 22.3 Å². The van der Waals surface area contributed by atoms with Gasteiger partial charge in [-0.2, -0.15) is 4.31 Å². The third kappa shape index (κ3) is 6.61. The highest BCUT2D eigenvalue weighted by Crippen LogP contribution is 2.45. The minimum atomic E-state index is -3.87. The topological polar surface area (TPSA) is 115 Å². The van der Waals surface area contributed by atoms with Gasteiger partial charge >= 0.3 is 5.97 Å². The Labute approximate surface area is 289 Å². The van der Waals surface area contributed by atoms with E-state index in [1.807, 2.05) is 70.3 Å². The number of benzene rings is 3. The van der Waals surface area contributed by atoms with Gasteiger partial charge in [-0.3, -0.25) is 4.79 Å². The molecule has 7 rings (SSSR count). The van der Waals surface area contributed by atoms with Gasteiger partial charge in [0.2, 0.25) is 10.0 Å². The van der Waals surface area contributed by atoms with Crippen LogP contribution in [-0.2, 0) is 28.4 Å². The van der Waals surface area contributed by atoms with E-state index in [1.54, 1.807) is 10.7 Å². The number of aromatic nitrogens is 3. The molecule has 1 N–H and O–H groups in total. The number of ether oxygens (including phenoxy) is 1. The number of hydrogen-bond donors (Lipinski definition) is 1. The summed E-state index contributed by atoms with van der Waals surface area (Å²) in [7, 11) is -2.04. The van der Waals surface area contributed by atoms with E-state index in [2.05, 4.69) is 10.3 Å². The summed E-state index contributed by atoms with van der Waals surface area (Å²) in [5, 5.41) is 18.4. The van der Waals surface area contributed by atoms with Gasteiger partial charge in [0.15, 0.2) is 0 Å². The SMILES string of the molecule is Cc1ccc([C@H](CC(=O)O)c2ccc3c(nnn3C)c2C)cc1CN1C[C@@H](C)Oc2cc(C3CCC(C4CCCC4)CC3)ccc2S1(=O)=O. The number of carbonyl (C=O) groups is 1. The van der Waals surface area contributed by atoms with Crippen LogP contribution < -0.4 is 4.74 Å². The highest BCUT2D eigenvalue weighted by Gasteiger charge is 2.36. The molecule has 3 aliphatic rings. The Bertz CT molecular complexity index is 1970. The van der Waals surface area contributed by atoms with Gasteiger partial charge in [-0.15, -0.1) is 5.10 Å². The number of nitrogens with zero attached hydrogens (tertiary/aromatic N) is 4. The van der Waals surface area contributed by atoms with Crippen molar-refractivity contribution >= 4 is 27.0 Å². The van der Waals surface area contributed by atoms with Crippen LogP contribution in [0.4, 0.5) is 0 Å². The molecule has 2 aliphatic carbocycles. The number of fused-ring (bicyclic) bond motifs is 2. The Balaban J connectivity index is 1.15. The van der Waals surface area contributed by atoms with E-state index in [-0.39, 0.29) is 30.5 Å². The van der Waals surface area contributed by atoms with Crippen molar-refractivity contribution < 1.29 is 23.1 Å². The van der Waals surface area contributed by atoms with Crippen LogP contribution in [0.2, 0.25) is 0 Å². The zero-order valence-corrected chi connectivity index (χ0v) is 29.9. The second-order valence-corrected chi connectivity index (χ2v) is 16.7. The van der Waals surface area contributed by atoms with Crippen LogP contribution >= 0.6 is 0 Å². The standard InChI is InChI=1S/C39H48N4O5S/c1-24-9-10-31(34(21-38(44)45)33-16-17-35-39(26(33)3)40-41-42(35)4)19-32(24)23-43-22-25(2)48-36-20-30(15-18-37(36)49(43,46)47)29-13-11-28(12-14-29)27-7-5-6-8-27/h9-10,15-20,25,27-29,34H,5-8,11-14,21-23H2,1-4H3,(H,44,45)/t25-,28?,29?,34+/m1/s1. The Hall–Kier alpha value is -3.76. The van der Waals surface area contributed by atoms with Crippen molar-refractivity contribution in [2.75, 3.05) is 6.54 Å². The number of aryl methyl sites for hydroxylation is 3. The van der Waals surface area contributed by atoms with Gasteiger partial charge in [0.05, 0.1) is 18.5 Å². The van der Waals surface area contributed by atoms with Gasteiger partial charge in [-0.25, -0.2) is 13.1 Å². The quantitative estimate of drug-likeness (QED) is 0.203. The van der Waals surface area contributed by atoms with Crippen molar-refractivity contribution in [3.8, 4) is 5.75 Å². The molecule has 0 spiro atoms. The summed E-state index contributed by atoms with van der Waals surface area (Å²) in [5.74, 6) is 1.28. The maximum Gasteiger partial charge on any atom is 0.304 e. The second-order valence-electron chi connectivity index (χ2n) is 14.8. The fourth-order valence-corrected chi connectivity index (χ4v) is 10.4. The van der Waals surface area contributed by atoms with Gasteiger partial charge in [0, 0.05) is 19.5 Å². The lowest BCUT2D eigenvalue weighted by molar-refractivity contribution is -0.137. The van der Waals surface area contributed by atoms with Crippen molar-refractivity contribution in [2.45, 2.75) is 108 Å². The van der Waals surface area contributed by atoms with Crippen LogP contribution in [0.5, 0.6) is 5.75 Å². The average Bonchev–Trinajstić information content (AvgIpc) is 3.74. The molecular weight excluding hydrogens is 637 g/mol. The normalized spacial score (nSPS) is 23.6. The Kier molecular flexibility index (Phi) is 9.30. The first kappa shape index (κ1) is 33.7. The number of rotatable bonds is 8. The first-order valence-electron chi connectivity index (χ1n) is 17.9. The van der Waals surface area contributed by atoms with Crippen molar-refractivity contribution in [1.82, 2.24) is 19.3 Å². The molecule has 2 saturated carbocycles. The summed E-state index contributed by atoms with van der Waals surface area (Å²) in [6, 6.07) is 15.5. The minimum Gasteiger partial charge on any atom is -0.488 e. The van der Waals surface area contributed by atoms with Crippen molar-refractivity contribution in [1.29, 1.82) is 0 Å². The van der Waals surface area contributed by atoms with E-state index < -0.39 is 21.9 Å². The van der Waals surface area contributed by atoms with Crippen LogP contribution in [0.1, 0.15) is 110 Å². The Morgan fingerprint density at radius 1 is 0.980 bits per heavy atom. The molecule has 0 radical (unpaired) electrons. The van der Waals surface area contributed by atoms with Gasteiger partial charge in [0.25, 0.3) is 0 Å². The van der Waals surface area contributed by atoms with E-state index in [0.717, 1.165) is 63.5 Å². The van der Waals surface area contributed by atoms with E-state index in [0.29, 0.717) is 11.7 Å². The smallest absolute Gasteiger partial charge is 0.304 e. The third-order valence-corrected chi connectivity index (χ3v) is 13.5. The molecular formula is C39H48N4O5S. The average molecular weight is 685 g/mol. The summed E-state index contributed by atoms with van der Waals surface area (Å²) in [5.41, 5.74) is 7.15. The second kappa shape index (κ2) is 13.5. The zero-order valence-electron chi connectivity index (χ0n) is 29.1. The highest BCUT2D eigenvalue weighted by atomic mass is 32.2. The van der Waals surface area contributed by atoms with Gasteiger partial charge in [-0.05, 0) is 116 Å².